The molecular formula is C22H22N6O2. The summed E-state index contributed by atoms with van der Waals surface area (Å²) in [5, 5.41) is 10.8. The lowest BCUT2D eigenvalue weighted by molar-refractivity contribution is 0.102. The SMILES string of the molecule is Cc1ccc(NC(=O)c2nnn(Cc3nc(-c4ccccc4)oc3C)c2N)cc1C. The number of benzene rings is 2. The minimum atomic E-state index is -0.413. The van der Waals surface area contributed by atoms with Crippen LogP contribution in [0.4, 0.5) is 11.5 Å². The molecule has 0 saturated heterocycles. The highest BCUT2D eigenvalue weighted by molar-refractivity contribution is 6.05. The van der Waals surface area contributed by atoms with Gasteiger partial charge >= 0.3 is 0 Å². The number of nitrogens with one attached hydrogen (secondary N) is 1. The van der Waals surface area contributed by atoms with E-state index in [4.69, 9.17) is 10.2 Å². The Balaban J connectivity index is 1.53. The predicted octanol–water partition coefficient (Wildman–Crippen LogP) is 3.74. The maximum Gasteiger partial charge on any atom is 0.280 e. The molecule has 2 heterocycles. The smallest absolute Gasteiger partial charge is 0.280 e. The molecule has 0 atom stereocenters. The van der Waals surface area contributed by atoms with Gasteiger partial charge in [0.2, 0.25) is 5.89 Å². The van der Waals surface area contributed by atoms with Gasteiger partial charge in [-0.15, -0.1) is 5.10 Å². The summed E-state index contributed by atoms with van der Waals surface area (Å²) >= 11 is 0. The van der Waals surface area contributed by atoms with E-state index in [1.807, 2.05) is 69.3 Å². The van der Waals surface area contributed by atoms with E-state index in [2.05, 4.69) is 20.6 Å². The molecule has 2 aromatic carbocycles. The Morgan fingerprint density at radius 3 is 2.60 bits per heavy atom. The van der Waals surface area contributed by atoms with Crippen LogP contribution in [0.5, 0.6) is 0 Å². The number of aromatic nitrogens is 4. The molecule has 8 heteroatoms. The highest BCUT2D eigenvalue weighted by Gasteiger charge is 2.20. The number of carbonyl (C=O) groups is 1. The number of nitrogen functional groups attached to an aromatic ring is 1. The molecule has 0 aliphatic carbocycles. The van der Waals surface area contributed by atoms with Crippen LogP contribution in [0.15, 0.2) is 52.9 Å². The van der Waals surface area contributed by atoms with Crippen LogP contribution in [0.3, 0.4) is 0 Å². The molecule has 0 aliphatic heterocycles. The van der Waals surface area contributed by atoms with Gasteiger partial charge < -0.3 is 15.5 Å². The second kappa shape index (κ2) is 7.82. The van der Waals surface area contributed by atoms with Crippen molar-refractivity contribution in [1.82, 2.24) is 20.0 Å². The van der Waals surface area contributed by atoms with E-state index in [0.717, 1.165) is 16.7 Å². The first-order valence-electron chi connectivity index (χ1n) is 9.51. The van der Waals surface area contributed by atoms with E-state index in [1.165, 1.54) is 4.68 Å². The number of anilines is 2. The fourth-order valence-electron chi connectivity index (χ4n) is 3.03. The molecule has 4 aromatic rings. The Morgan fingerprint density at radius 2 is 1.87 bits per heavy atom. The van der Waals surface area contributed by atoms with Crippen LogP contribution < -0.4 is 11.1 Å². The van der Waals surface area contributed by atoms with E-state index in [9.17, 15) is 4.79 Å². The second-order valence-corrected chi connectivity index (χ2v) is 7.12. The van der Waals surface area contributed by atoms with Crippen molar-refractivity contribution in [3.63, 3.8) is 0 Å². The van der Waals surface area contributed by atoms with Gasteiger partial charge in [0, 0.05) is 11.3 Å². The first-order chi connectivity index (χ1) is 14.4. The van der Waals surface area contributed by atoms with Crippen molar-refractivity contribution in [3.05, 3.63) is 76.8 Å². The zero-order valence-electron chi connectivity index (χ0n) is 17.0. The summed E-state index contributed by atoms with van der Waals surface area (Å²) in [4.78, 5) is 17.2. The summed E-state index contributed by atoms with van der Waals surface area (Å²) in [5.41, 5.74) is 10.7. The number of hydrogen-bond acceptors (Lipinski definition) is 6. The van der Waals surface area contributed by atoms with Crippen LogP contribution in [0, 0.1) is 20.8 Å². The van der Waals surface area contributed by atoms with Gasteiger partial charge in [-0.1, -0.05) is 29.5 Å². The zero-order valence-corrected chi connectivity index (χ0v) is 17.0. The lowest BCUT2D eigenvalue weighted by Crippen LogP contribution is -2.15. The lowest BCUT2D eigenvalue weighted by Gasteiger charge is -2.07. The van der Waals surface area contributed by atoms with Gasteiger partial charge in [-0.3, -0.25) is 4.79 Å². The topological polar surface area (TPSA) is 112 Å². The highest BCUT2D eigenvalue weighted by Crippen LogP contribution is 2.23. The van der Waals surface area contributed by atoms with E-state index in [-0.39, 0.29) is 18.1 Å². The van der Waals surface area contributed by atoms with Gasteiger partial charge in [-0.25, -0.2) is 9.67 Å². The van der Waals surface area contributed by atoms with Crippen molar-refractivity contribution >= 4 is 17.4 Å². The Bertz CT molecular complexity index is 1210. The maximum absolute atomic E-state index is 12.6. The molecule has 0 radical (unpaired) electrons. The largest absolute Gasteiger partial charge is 0.441 e. The molecule has 30 heavy (non-hydrogen) atoms. The monoisotopic (exact) mass is 402 g/mol. The highest BCUT2D eigenvalue weighted by atomic mass is 16.4. The summed E-state index contributed by atoms with van der Waals surface area (Å²) in [7, 11) is 0. The van der Waals surface area contributed by atoms with Gasteiger partial charge in [0.15, 0.2) is 11.5 Å². The molecule has 152 valence electrons. The fourth-order valence-corrected chi connectivity index (χ4v) is 3.03. The van der Waals surface area contributed by atoms with Crippen LogP contribution >= 0.6 is 0 Å². The summed E-state index contributed by atoms with van der Waals surface area (Å²) in [6.45, 7) is 6.08. The van der Waals surface area contributed by atoms with Gasteiger partial charge in [0.05, 0.1) is 6.54 Å². The minimum Gasteiger partial charge on any atom is -0.441 e. The van der Waals surface area contributed by atoms with Gasteiger partial charge in [0.25, 0.3) is 5.91 Å². The summed E-state index contributed by atoms with van der Waals surface area (Å²) in [6.07, 6.45) is 0. The first kappa shape index (κ1) is 19.4. The van der Waals surface area contributed by atoms with Crippen molar-refractivity contribution < 1.29 is 9.21 Å². The molecule has 0 fully saturated rings. The molecule has 4 rings (SSSR count). The number of nitrogens with zero attached hydrogens (tertiary/aromatic N) is 4. The molecule has 0 saturated carbocycles. The average molecular weight is 402 g/mol. The Morgan fingerprint density at radius 1 is 1.10 bits per heavy atom. The minimum absolute atomic E-state index is 0.0673. The van der Waals surface area contributed by atoms with Gasteiger partial charge in [0.1, 0.15) is 11.5 Å². The lowest BCUT2D eigenvalue weighted by atomic mass is 10.1. The first-order valence-corrected chi connectivity index (χ1v) is 9.51. The number of oxazole rings is 1. The van der Waals surface area contributed by atoms with E-state index >= 15 is 0 Å². The molecule has 8 nitrogen and oxygen atoms in total. The van der Waals surface area contributed by atoms with Crippen LogP contribution in [-0.4, -0.2) is 25.9 Å². The Labute approximate surface area is 173 Å². The molecular weight excluding hydrogens is 380 g/mol. The number of hydrogen-bond donors (Lipinski definition) is 2. The molecule has 1 amide bonds. The third-order valence-electron chi connectivity index (χ3n) is 4.97. The predicted molar refractivity (Wildman–Crippen MR) is 114 cm³/mol. The number of carbonyl (C=O) groups excluding carboxylic acids is 1. The quantitative estimate of drug-likeness (QED) is 0.526. The standard InChI is InChI=1S/C22H22N6O2/c1-13-9-10-17(11-14(13)2)24-21(29)19-20(23)28(27-26-19)12-18-15(3)30-22(25-18)16-7-5-4-6-8-16/h4-11H,12,23H2,1-3H3,(H,24,29). The molecule has 0 bridgehead atoms. The summed E-state index contributed by atoms with van der Waals surface area (Å²) in [5.74, 6) is 0.934. The van der Waals surface area contributed by atoms with Crippen molar-refractivity contribution in [3.8, 4) is 11.5 Å². The number of amides is 1. The van der Waals surface area contributed by atoms with Crippen molar-refractivity contribution in [2.75, 3.05) is 11.1 Å². The number of aryl methyl sites for hydroxylation is 3. The van der Waals surface area contributed by atoms with Crippen molar-refractivity contribution in [1.29, 1.82) is 0 Å². The van der Waals surface area contributed by atoms with E-state index in [1.54, 1.807) is 0 Å². The van der Waals surface area contributed by atoms with E-state index in [0.29, 0.717) is 23.0 Å². The van der Waals surface area contributed by atoms with Crippen LogP contribution in [0.2, 0.25) is 0 Å². The molecule has 0 spiro atoms. The normalized spacial score (nSPS) is 10.9. The van der Waals surface area contributed by atoms with Gasteiger partial charge in [-0.05, 0) is 56.2 Å². The third-order valence-corrected chi connectivity index (χ3v) is 4.97. The van der Waals surface area contributed by atoms with Crippen LogP contribution in [0.1, 0.15) is 33.1 Å². The van der Waals surface area contributed by atoms with Crippen molar-refractivity contribution in [2.24, 2.45) is 0 Å². The Kier molecular flexibility index (Phi) is 5.05. The van der Waals surface area contributed by atoms with E-state index < -0.39 is 5.91 Å². The zero-order chi connectivity index (χ0) is 21.3. The second-order valence-electron chi connectivity index (χ2n) is 7.12. The molecule has 0 aliphatic rings. The average Bonchev–Trinajstić information content (AvgIpc) is 3.29. The number of nitrogens with two attached hydrogens (primary N) is 1. The van der Waals surface area contributed by atoms with Crippen LogP contribution in [0.25, 0.3) is 11.5 Å². The maximum atomic E-state index is 12.6. The Hall–Kier alpha value is -3.94. The fraction of sp³-hybridized carbons (Fsp3) is 0.182. The van der Waals surface area contributed by atoms with Crippen LogP contribution in [-0.2, 0) is 6.54 Å². The summed E-state index contributed by atoms with van der Waals surface area (Å²) in [6, 6.07) is 15.3. The molecule has 0 unspecified atom stereocenters. The molecule has 3 N–H and O–H groups in total. The van der Waals surface area contributed by atoms with Gasteiger partial charge in [-0.2, -0.15) is 0 Å². The molecule has 2 aromatic heterocycles. The summed E-state index contributed by atoms with van der Waals surface area (Å²) < 4.78 is 7.21. The third kappa shape index (κ3) is 3.80. The number of rotatable bonds is 5. The van der Waals surface area contributed by atoms with Crippen molar-refractivity contribution in [2.45, 2.75) is 27.3 Å².